The summed E-state index contributed by atoms with van der Waals surface area (Å²) in [5.74, 6) is 1.16. The second-order valence-corrected chi connectivity index (χ2v) is 2.68. The van der Waals surface area contributed by atoms with Gasteiger partial charge in [-0.1, -0.05) is 11.9 Å². The molecule has 6 heavy (non-hydrogen) atoms. The van der Waals surface area contributed by atoms with Crippen molar-refractivity contribution in [3.05, 3.63) is 0 Å². The zero-order valence-electron chi connectivity index (χ0n) is 3.28. The van der Waals surface area contributed by atoms with Crippen molar-refractivity contribution in [1.82, 2.24) is 4.72 Å². The molecular formula is C3H6ClNS. The van der Waals surface area contributed by atoms with E-state index in [2.05, 4.69) is 4.72 Å². The van der Waals surface area contributed by atoms with Crippen LogP contribution in [0.5, 0.6) is 0 Å². The molecule has 0 amide bonds. The Labute approximate surface area is 46.6 Å². The third-order valence-electron chi connectivity index (χ3n) is 0.685. The van der Waals surface area contributed by atoms with Gasteiger partial charge in [0.2, 0.25) is 0 Å². The van der Waals surface area contributed by atoms with Crippen LogP contribution in [0.25, 0.3) is 0 Å². The predicted molar refractivity (Wildman–Crippen MR) is 29.9 cm³/mol. The molecule has 0 aromatic carbocycles. The van der Waals surface area contributed by atoms with E-state index in [-0.39, 0.29) is 5.50 Å². The smallest absolute Gasteiger partial charge is 0.0923 e. The van der Waals surface area contributed by atoms with Crippen LogP contribution >= 0.6 is 23.5 Å². The highest BCUT2D eigenvalue weighted by molar-refractivity contribution is 7.97. The first-order valence-electron chi connectivity index (χ1n) is 1.91. The Morgan fingerprint density at radius 2 is 2.67 bits per heavy atom. The summed E-state index contributed by atoms with van der Waals surface area (Å²) in [6, 6.07) is 0. The first-order chi connectivity index (χ1) is 2.89. The van der Waals surface area contributed by atoms with Crippen molar-refractivity contribution in [2.75, 3.05) is 5.75 Å². The Morgan fingerprint density at radius 1 is 1.83 bits per heavy atom. The van der Waals surface area contributed by atoms with Gasteiger partial charge in [-0.3, -0.25) is 0 Å². The normalized spacial score (nSPS) is 34.5. The topological polar surface area (TPSA) is 12.0 Å². The van der Waals surface area contributed by atoms with E-state index in [1.165, 1.54) is 0 Å². The van der Waals surface area contributed by atoms with E-state index in [0.717, 1.165) is 12.2 Å². The van der Waals surface area contributed by atoms with Gasteiger partial charge in [0.1, 0.15) is 0 Å². The van der Waals surface area contributed by atoms with Crippen LogP contribution in [0, 0.1) is 0 Å². The SMILES string of the molecule is ClC1CCSN1. The van der Waals surface area contributed by atoms with Gasteiger partial charge in [-0.2, -0.15) is 0 Å². The molecule has 1 fully saturated rings. The lowest BCUT2D eigenvalue weighted by Crippen LogP contribution is -2.05. The van der Waals surface area contributed by atoms with E-state index < -0.39 is 0 Å². The van der Waals surface area contributed by atoms with Crippen LogP contribution in [0.2, 0.25) is 0 Å². The number of alkyl halides is 1. The minimum Gasteiger partial charge on any atom is -0.247 e. The van der Waals surface area contributed by atoms with Crippen LogP contribution in [-0.2, 0) is 0 Å². The van der Waals surface area contributed by atoms with Gasteiger partial charge in [0.15, 0.2) is 0 Å². The van der Waals surface area contributed by atoms with Gasteiger partial charge in [0.05, 0.1) is 5.50 Å². The Kier molecular flexibility index (Phi) is 1.62. The highest BCUT2D eigenvalue weighted by atomic mass is 35.5. The highest BCUT2D eigenvalue weighted by Gasteiger charge is 2.08. The molecular weight excluding hydrogens is 118 g/mol. The Morgan fingerprint density at radius 3 is 2.83 bits per heavy atom. The molecule has 0 bridgehead atoms. The number of halogens is 1. The van der Waals surface area contributed by atoms with Crippen molar-refractivity contribution in [1.29, 1.82) is 0 Å². The maximum atomic E-state index is 5.58. The first-order valence-corrected chi connectivity index (χ1v) is 3.33. The molecule has 1 aliphatic heterocycles. The standard InChI is InChI=1S/C3H6ClNS/c4-3-1-2-6-5-3/h3,5H,1-2H2. The summed E-state index contributed by atoms with van der Waals surface area (Å²) < 4.78 is 3.00. The zero-order valence-corrected chi connectivity index (χ0v) is 4.85. The summed E-state index contributed by atoms with van der Waals surface area (Å²) in [5, 5.41) is 0. The van der Waals surface area contributed by atoms with Crippen molar-refractivity contribution >= 4 is 23.5 Å². The number of nitrogens with one attached hydrogen (secondary N) is 1. The molecule has 0 radical (unpaired) electrons. The number of hydrogen-bond acceptors (Lipinski definition) is 2. The van der Waals surface area contributed by atoms with Gasteiger partial charge in [-0.05, 0) is 6.42 Å². The summed E-state index contributed by atoms with van der Waals surface area (Å²) in [6.45, 7) is 0. The molecule has 1 N–H and O–H groups in total. The van der Waals surface area contributed by atoms with Gasteiger partial charge >= 0.3 is 0 Å². The summed E-state index contributed by atoms with van der Waals surface area (Å²) in [6.07, 6.45) is 1.10. The minimum atomic E-state index is 0.231. The highest BCUT2D eigenvalue weighted by Crippen LogP contribution is 2.14. The van der Waals surface area contributed by atoms with Gasteiger partial charge in [-0.15, -0.1) is 11.6 Å². The Balaban J connectivity index is 2.18. The van der Waals surface area contributed by atoms with E-state index in [1.807, 2.05) is 0 Å². The largest absolute Gasteiger partial charge is 0.247 e. The van der Waals surface area contributed by atoms with E-state index in [0.29, 0.717) is 0 Å². The molecule has 1 nitrogen and oxygen atoms in total. The molecule has 0 aromatic rings. The average molecular weight is 124 g/mol. The van der Waals surface area contributed by atoms with Crippen molar-refractivity contribution in [2.24, 2.45) is 0 Å². The zero-order chi connectivity index (χ0) is 4.41. The lowest BCUT2D eigenvalue weighted by Gasteiger charge is -1.90. The van der Waals surface area contributed by atoms with Gasteiger partial charge in [0.25, 0.3) is 0 Å². The quantitative estimate of drug-likeness (QED) is 0.295. The number of hydrogen-bond donors (Lipinski definition) is 1. The molecule has 1 unspecified atom stereocenters. The van der Waals surface area contributed by atoms with Gasteiger partial charge < -0.3 is 0 Å². The summed E-state index contributed by atoms with van der Waals surface area (Å²) >= 11 is 7.28. The van der Waals surface area contributed by atoms with Crippen LogP contribution in [-0.4, -0.2) is 11.3 Å². The second-order valence-electron chi connectivity index (χ2n) is 1.22. The third-order valence-corrected chi connectivity index (χ3v) is 2.03. The van der Waals surface area contributed by atoms with E-state index in [4.69, 9.17) is 11.6 Å². The van der Waals surface area contributed by atoms with Crippen LogP contribution in [0.15, 0.2) is 0 Å². The average Bonchev–Trinajstić information content (AvgIpc) is 1.86. The summed E-state index contributed by atoms with van der Waals surface area (Å²) in [7, 11) is 0. The van der Waals surface area contributed by atoms with Crippen LogP contribution < -0.4 is 4.72 Å². The molecule has 0 aromatic heterocycles. The molecule has 1 saturated heterocycles. The molecule has 1 atom stereocenters. The van der Waals surface area contributed by atoms with E-state index >= 15 is 0 Å². The Hall–Kier alpha value is 0.600. The second kappa shape index (κ2) is 2.05. The van der Waals surface area contributed by atoms with Crippen LogP contribution in [0.4, 0.5) is 0 Å². The summed E-state index contributed by atoms with van der Waals surface area (Å²) in [4.78, 5) is 0. The Bertz CT molecular complexity index is 44.1. The molecule has 0 saturated carbocycles. The molecule has 1 heterocycles. The summed E-state index contributed by atoms with van der Waals surface area (Å²) in [5.41, 5.74) is 0.231. The fourth-order valence-corrected chi connectivity index (χ4v) is 1.57. The molecule has 0 aliphatic carbocycles. The molecule has 1 aliphatic rings. The van der Waals surface area contributed by atoms with Crippen molar-refractivity contribution < 1.29 is 0 Å². The monoisotopic (exact) mass is 123 g/mol. The molecule has 1 rings (SSSR count). The maximum Gasteiger partial charge on any atom is 0.0923 e. The predicted octanol–water partition coefficient (Wildman–Crippen LogP) is 1.19. The molecule has 36 valence electrons. The lowest BCUT2D eigenvalue weighted by molar-refractivity contribution is 0.859. The van der Waals surface area contributed by atoms with E-state index in [1.54, 1.807) is 11.9 Å². The van der Waals surface area contributed by atoms with Crippen LogP contribution in [0.1, 0.15) is 6.42 Å². The van der Waals surface area contributed by atoms with Crippen LogP contribution in [0.3, 0.4) is 0 Å². The molecule has 3 heteroatoms. The van der Waals surface area contributed by atoms with Gasteiger partial charge in [-0.25, -0.2) is 4.72 Å². The van der Waals surface area contributed by atoms with Crippen molar-refractivity contribution in [3.8, 4) is 0 Å². The maximum absolute atomic E-state index is 5.58. The molecule has 0 spiro atoms. The minimum absolute atomic E-state index is 0.231. The van der Waals surface area contributed by atoms with Gasteiger partial charge in [0, 0.05) is 5.75 Å². The fourth-order valence-electron chi connectivity index (χ4n) is 0.371. The van der Waals surface area contributed by atoms with Crippen molar-refractivity contribution in [2.45, 2.75) is 11.9 Å². The first kappa shape index (κ1) is 4.75. The fraction of sp³-hybridized carbons (Fsp3) is 1.00. The number of rotatable bonds is 0. The van der Waals surface area contributed by atoms with E-state index in [9.17, 15) is 0 Å². The lowest BCUT2D eigenvalue weighted by atomic mass is 10.5. The third kappa shape index (κ3) is 1.03. The van der Waals surface area contributed by atoms with Crippen molar-refractivity contribution in [3.63, 3.8) is 0 Å².